The van der Waals surface area contributed by atoms with Crippen LogP contribution in [0.1, 0.15) is 36.9 Å². The molecule has 0 aromatic carbocycles. The monoisotopic (exact) mass is 281 g/mol. The molecule has 0 spiro atoms. The summed E-state index contributed by atoms with van der Waals surface area (Å²) in [6.07, 6.45) is 5.02. The van der Waals surface area contributed by atoms with E-state index in [1.54, 1.807) is 11.3 Å². The number of amides is 1. The van der Waals surface area contributed by atoms with E-state index in [2.05, 4.69) is 22.6 Å². The fourth-order valence-electron chi connectivity index (χ4n) is 2.74. The molecule has 2 atom stereocenters. The van der Waals surface area contributed by atoms with Gasteiger partial charge in [-0.25, -0.2) is 4.98 Å². The number of carbonyl (C=O) groups excluding carboxylic acids is 1. The minimum absolute atomic E-state index is 0.131. The molecule has 1 aliphatic rings. The van der Waals surface area contributed by atoms with Crippen molar-refractivity contribution in [2.24, 2.45) is 17.6 Å². The molecule has 3 N–H and O–H groups in total. The molecule has 4 nitrogen and oxygen atoms in total. The van der Waals surface area contributed by atoms with Gasteiger partial charge in [-0.3, -0.25) is 4.79 Å². The van der Waals surface area contributed by atoms with Crippen molar-refractivity contribution in [1.82, 2.24) is 10.3 Å². The molecule has 1 aliphatic carbocycles. The molecule has 106 valence electrons. The molecule has 1 heterocycles. The number of hydrogen-bond acceptors (Lipinski definition) is 4. The standard InChI is InChI=1S/C14H23N3OS/c1-2-13-17-11(9-19-13)6-7-16-14(18)12-5-3-4-10(12)8-15/h9-10,12H,2-8,15H2,1H3,(H,16,18)/t10-,12-/m1/s1. The van der Waals surface area contributed by atoms with E-state index in [0.29, 0.717) is 19.0 Å². The van der Waals surface area contributed by atoms with Crippen LogP contribution in [0, 0.1) is 11.8 Å². The van der Waals surface area contributed by atoms with E-state index in [4.69, 9.17) is 5.73 Å². The molecule has 0 aliphatic heterocycles. The molecule has 5 heteroatoms. The zero-order chi connectivity index (χ0) is 13.7. The fraction of sp³-hybridized carbons (Fsp3) is 0.714. The molecule has 1 amide bonds. The van der Waals surface area contributed by atoms with E-state index >= 15 is 0 Å². The summed E-state index contributed by atoms with van der Waals surface area (Å²) >= 11 is 1.70. The Bertz CT molecular complexity index is 419. The second kappa shape index (κ2) is 7.01. The average molecular weight is 281 g/mol. The van der Waals surface area contributed by atoms with Crippen LogP contribution in [0.25, 0.3) is 0 Å². The molecule has 19 heavy (non-hydrogen) atoms. The van der Waals surface area contributed by atoms with Crippen LogP contribution in [0.5, 0.6) is 0 Å². The van der Waals surface area contributed by atoms with Gasteiger partial charge < -0.3 is 11.1 Å². The molecule has 1 aromatic rings. The van der Waals surface area contributed by atoms with Crippen LogP contribution in [0.15, 0.2) is 5.38 Å². The van der Waals surface area contributed by atoms with Crippen molar-refractivity contribution in [3.63, 3.8) is 0 Å². The highest BCUT2D eigenvalue weighted by atomic mass is 32.1. The van der Waals surface area contributed by atoms with Gasteiger partial charge in [0.05, 0.1) is 10.7 Å². The predicted octanol–water partition coefficient (Wildman–Crippen LogP) is 1.74. The minimum atomic E-state index is 0.131. The first-order chi connectivity index (χ1) is 9.24. The Kier molecular flexibility index (Phi) is 5.34. The average Bonchev–Trinajstić information content (AvgIpc) is 3.06. The molecule has 0 bridgehead atoms. The summed E-state index contributed by atoms with van der Waals surface area (Å²) < 4.78 is 0. The van der Waals surface area contributed by atoms with Gasteiger partial charge in [0.2, 0.25) is 5.91 Å². The Morgan fingerprint density at radius 1 is 1.58 bits per heavy atom. The summed E-state index contributed by atoms with van der Waals surface area (Å²) in [7, 11) is 0. The van der Waals surface area contributed by atoms with Gasteiger partial charge in [-0.05, 0) is 31.7 Å². The van der Waals surface area contributed by atoms with Crippen LogP contribution in [-0.2, 0) is 17.6 Å². The molecule has 0 radical (unpaired) electrons. The Morgan fingerprint density at radius 3 is 3.11 bits per heavy atom. The number of rotatable bonds is 6. The smallest absolute Gasteiger partial charge is 0.223 e. The summed E-state index contributed by atoms with van der Waals surface area (Å²) in [5.74, 6) is 0.691. The lowest BCUT2D eigenvalue weighted by Gasteiger charge is -2.17. The van der Waals surface area contributed by atoms with Crippen LogP contribution < -0.4 is 11.1 Å². The minimum Gasteiger partial charge on any atom is -0.355 e. The number of aromatic nitrogens is 1. The van der Waals surface area contributed by atoms with Gasteiger partial charge in [0, 0.05) is 24.3 Å². The zero-order valence-corrected chi connectivity index (χ0v) is 12.3. The Balaban J connectivity index is 1.74. The lowest BCUT2D eigenvalue weighted by Crippen LogP contribution is -2.36. The third-order valence-electron chi connectivity index (χ3n) is 3.88. The van der Waals surface area contributed by atoms with Crippen LogP contribution in [0.4, 0.5) is 0 Å². The first-order valence-electron chi connectivity index (χ1n) is 7.15. The van der Waals surface area contributed by atoms with Crippen LogP contribution in [0.3, 0.4) is 0 Å². The number of nitrogens with two attached hydrogens (primary N) is 1. The maximum atomic E-state index is 12.1. The summed E-state index contributed by atoms with van der Waals surface area (Å²) in [4.78, 5) is 16.6. The van der Waals surface area contributed by atoms with E-state index in [1.807, 2.05) is 0 Å². The maximum Gasteiger partial charge on any atom is 0.223 e. The van der Waals surface area contributed by atoms with E-state index in [-0.39, 0.29) is 11.8 Å². The summed E-state index contributed by atoms with van der Waals surface area (Å²) in [5, 5.41) is 6.29. The van der Waals surface area contributed by atoms with Gasteiger partial charge in [-0.2, -0.15) is 0 Å². The second-order valence-electron chi connectivity index (χ2n) is 5.16. The van der Waals surface area contributed by atoms with E-state index in [9.17, 15) is 4.79 Å². The predicted molar refractivity (Wildman–Crippen MR) is 78.1 cm³/mol. The topological polar surface area (TPSA) is 68.0 Å². The summed E-state index contributed by atoms with van der Waals surface area (Å²) in [5.41, 5.74) is 6.80. The summed E-state index contributed by atoms with van der Waals surface area (Å²) in [6.45, 7) is 3.42. The van der Waals surface area contributed by atoms with Gasteiger partial charge in [0.15, 0.2) is 0 Å². The van der Waals surface area contributed by atoms with Crippen molar-refractivity contribution in [2.45, 2.75) is 39.0 Å². The lowest BCUT2D eigenvalue weighted by molar-refractivity contribution is -0.125. The molecule has 1 saturated carbocycles. The number of aryl methyl sites for hydroxylation is 1. The Labute approximate surface area is 118 Å². The van der Waals surface area contributed by atoms with E-state index in [1.165, 1.54) is 5.01 Å². The van der Waals surface area contributed by atoms with Crippen molar-refractivity contribution in [2.75, 3.05) is 13.1 Å². The molecule has 1 fully saturated rings. The number of hydrogen-bond donors (Lipinski definition) is 2. The molecular formula is C14H23N3OS. The Morgan fingerprint density at radius 2 is 2.42 bits per heavy atom. The van der Waals surface area contributed by atoms with Crippen LogP contribution in [-0.4, -0.2) is 24.0 Å². The lowest BCUT2D eigenvalue weighted by atomic mass is 9.95. The third-order valence-corrected chi connectivity index (χ3v) is 4.92. The zero-order valence-electron chi connectivity index (χ0n) is 11.5. The fourth-order valence-corrected chi connectivity index (χ4v) is 3.51. The van der Waals surface area contributed by atoms with E-state index < -0.39 is 0 Å². The van der Waals surface area contributed by atoms with E-state index in [0.717, 1.165) is 37.8 Å². The van der Waals surface area contributed by atoms with Crippen LogP contribution >= 0.6 is 11.3 Å². The highest BCUT2D eigenvalue weighted by Crippen LogP contribution is 2.30. The number of nitrogens with one attached hydrogen (secondary N) is 1. The Hall–Kier alpha value is -0.940. The van der Waals surface area contributed by atoms with Gasteiger partial charge in [-0.15, -0.1) is 11.3 Å². The SMILES string of the molecule is CCc1nc(CCNC(=O)[C@@H]2CCC[C@@H]2CN)cs1. The third kappa shape index (κ3) is 3.76. The van der Waals surface area contributed by atoms with Gasteiger partial charge in [0.1, 0.15) is 0 Å². The number of carbonyl (C=O) groups is 1. The molecule has 0 saturated heterocycles. The van der Waals surface area contributed by atoms with Crippen LogP contribution in [0.2, 0.25) is 0 Å². The van der Waals surface area contributed by atoms with Gasteiger partial charge >= 0.3 is 0 Å². The highest BCUT2D eigenvalue weighted by Gasteiger charge is 2.31. The molecule has 2 rings (SSSR count). The molecule has 1 aromatic heterocycles. The van der Waals surface area contributed by atoms with Crippen molar-refractivity contribution in [3.8, 4) is 0 Å². The van der Waals surface area contributed by atoms with Crippen molar-refractivity contribution < 1.29 is 4.79 Å². The maximum absolute atomic E-state index is 12.1. The van der Waals surface area contributed by atoms with Crippen molar-refractivity contribution >= 4 is 17.2 Å². The van der Waals surface area contributed by atoms with Crippen molar-refractivity contribution in [1.29, 1.82) is 0 Å². The summed E-state index contributed by atoms with van der Waals surface area (Å²) in [6, 6.07) is 0. The van der Waals surface area contributed by atoms with Gasteiger partial charge in [-0.1, -0.05) is 13.3 Å². The number of nitrogens with zero attached hydrogens (tertiary/aromatic N) is 1. The molecular weight excluding hydrogens is 258 g/mol. The largest absolute Gasteiger partial charge is 0.355 e. The normalized spacial score (nSPS) is 22.6. The van der Waals surface area contributed by atoms with Gasteiger partial charge in [0.25, 0.3) is 0 Å². The highest BCUT2D eigenvalue weighted by molar-refractivity contribution is 7.09. The second-order valence-corrected chi connectivity index (χ2v) is 6.10. The quantitative estimate of drug-likeness (QED) is 0.834. The number of thiazole rings is 1. The molecule has 0 unspecified atom stereocenters. The van der Waals surface area contributed by atoms with Crippen molar-refractivity contribution in [3.05, 3.63) is 16.1 Å². The first kappa shape index (κ1) is 14.5. The first-order valence-corrected chi connectivity index (χ1v) is 8.03.